The van der Waals surface area contributed by atoms with Crippen molar-refractivity contribution in [3.8, 4) is 0 Å². The van der Waals surface area contributed by atoms with Gasteiger partial charge in [0.2, 0.25) is 5.91 Å². The molecule has 9 heteroatoms. The maximum atomic E-state index is 12.6. The van der Waals surface area contributed by atoms with E-state index in [9.17, 15) is 9.59 Å². The Kier molecular flexibility index (Phi) is 5.36. The van der Waals surface area contributed by atoms with E-state index < -0.39 is 0 Å². The van der Waals surface area contributed by atoms with Crippen LogP contribution in [0.1, 0.15) is 44.0 Å². The minimum absolute atomic E-state index is 0.0211. The number of aromatic nitrogens is 5. The second-order valence-corrected chi connectivity index (χ2v) is 8.15. The van der Waals surface area contributed by atoms with Crippen LogP contribution in [0.25, 0.3) is 11.2 Å². The van der Waals surface area contributed by atoms with E-state index in [0.717, 1.165) is 24.9 Å². The molecule has 1 N–H and O–H groups in total. The number of benzene rings is 1. The minimum Gasteiger partial charge on any atom is -0.342 e. The highest BCUT2D eigenvalue weighted by Crippen LogP contribution is 2.26. The molecule has 0 bridgehead atoms. The second kappa shape index (κ2) is 7.94. The number of hydrogen-bond acceptors (Lipinski definition) is 5. The summed E-state index contributed by atoms with van der Waals surface area (Å²) in [6, 6.07) is 7.47. The van der Waals surface area contributed by atoms with E-state index in [-0.39, 0.29) is 28.8 Å². The van der Waals surface area contributed by atoms with Gasteiger partial charge in [-0.25, -0.2) is 9.67 Å². The van der Waals surface area contributed by atoms with Crippen molar-refractivity contribution in [1.82, 2.24) is 29.9 Å². The summed E-state index contributed by atoms with van der Waals surface area (Å²) < 4.78 is 1.59. The van der Waals surface area contributed by atoms with Gasteiger partial charge in [-0.05, 0) is 24.5 Å². The van der Waals surface area contributed by atoms with E-state index in [0.29, 0.717) is 29.6 Å². The standard InChI is InChI=1S/C20H23ClN6O2/c1-12(2)20(29)26-9-5-7-14(10-26)17-22-18-16(19(28)23-17)24-25-27(18)11-13-6-3-4-8-15(13)21/h3-4,6,8,12,14H,5,7,9-11H2,1-2H3,(H,22,23,28)/t14-/m0/s1. The van der Waals surface area contributed by atoms with Crippen molar-refractivity contribution in [3.63, 3.8) is 0 Å². The van der Waals surface area contributed by atoms with Gasteiger partial charge in [0.25, 0.3) is 5.56 Å². The molecule has 8 nitrogen and oxygen atoms in total. The molecule has 1 amide bonds. The zero-order valence-corrected chi connectivity index (χ0v) is 17.2. The molecule has 29 heavy (non-hydrogen) atoms. The largest absolute Gasteiger partial charge is 0.342 e. The lowest BCUT2D eigenvalue weighted by Gasteiger charge is -2.33. The maximum absolute atomic E-state index is 12.6. The Bertz CT molecular complexity index is 1110. The van der Waals surface area contributed by atoms with Gasteiger partial charge in [0.05, 0.1) is 6.54 Å². The van der Waals surface area contributed by atoms with Gasteiger partial charge in [-0.1, -0.05) is 48.9 Å². The molecular weight excluding hydrogens is 392 g/mol. The number of nitrogens with zero attached hydrogens (tertiary/aromatic N) is 5. The molecule has 4 rings (SSSR count). The predicted octanol–water partition coefficient (Wildman–Crippen LogP) is 2.58. The van der Waals surface area contributed by atoms with Crippen molar-refractivity contribution < 1.29 is 4.79 Å². The SMILES string of the molecule is CC(C)C(=O)N1CCC[C@H](c2nc3c(nnn3Cc3ccccc3Cl)c(=O)[nH]2)C1. The number of halogens is 1. The smallest absolute Gasteiger partial charge is 0.281 e. The summed E-state index contributed by atoms with van der Waals surface area (Å²) in [4.78, 5) is 34.4. The lowest BCUT2D eigenvalue weighted by Crippen LogP contribution is -2.41. The molecule has 1 saturated heterocycles. The fourth-order valence-electron chi connectivity index (χ4n) is 3.74. The molecule has 1 fully saturated rings. The highest BCUT2D eigenvalue weighted by Gasteiger charge is 2.28. The van der Waals surface area contributed by atoms with Crippen LogP contribution in [0.2, 0.25) is 5.02 Å². The lowest BCUT2D eigenvalue weighted by molar-refractivity contribution is -0.135. The van der Waals surface area contributed by atoms with Crippen molar-refractivity contribution in [2.45, 2.75) is 39.2 Å². The number of H-pyrrole nitrogens is 1. The zero-order valence-electron chi connectivity index (χ0n) is 16.4. The van der Waals surface area contributed by atoms with Crippen molar-refractivity contribution in [2.24, 2.45) is 5.92 Å². The Hall–Kier alpha value is -2.74. The highest BCUT2D eigenvalue weighted by atomic mass is 35.5. The Morgan fingerprint density at radius 1 is 1.34 bits per heavy atom. The molecular formula is C20H23ClN6O2. The number of piperidine rings is 1. The topological polar surface area (TPSA) is 96.8 Å². The third-order valence-electron chi connectivity index (χ3n) is 5.28. The summed E-state index contributed by atoms with van der Waals surface area (Å²) >= 11 is 6.26. The molecule has 2 aromatic heterocycles. The summed E-state index contributed by atoms with van der Waals surface area (Å²) in [5, 5.41) is 8.72. The maximum Gasteiger partial charge on any atom is 0.281 e. The first-order valence-corrected chi connectivity index (χ1v) is 10.2. The summed E-state index contributed by atoms with van der Waals surface area (Å²) in [6.45, 7) is 5.46. The number of amides is 1. The van der Waals surface area contributed by atoms with E-state index in [4.69, 9.17) is 11.6 Å². The van der Waals surface area contributed by atoms with E-state index in [2.05, 4.69) is 20.3 Å². The zero-order chi connectivity index (χ0) is 20.5. The quantitative estimate of drug-likeness (QED) is 0.707. The van der Waals surface area contributed by atoms with Crippen LogP contribution < -0.4 is 5.56 Å². The van der Waals surface area contributed by atoms with Crippen molar-refractivity contribution in [2.75, 3.05) is 13.1 Å². The number of aromatic amines is 1. The number of likely N-dealkylation sites (tertiary alicyclic amines) is 1. The number of rotatable bonds is 4. The molecule has 1 aromatic carbocycles. The number of carbonyl (C=O) groups is 1. The first-order chi connectivity index (χ1) is 13.9. The monoisotopic (exact) mass is 414 g/mol. The van der Waals surface area contributed by atoms with Gasteiger partial charge in [-0.2, -0.15) is 0 Å². The van der Waals surface area contributed by atoms with Crippen molar-refractivity contribution >= 4 is 28.7 Å². The highest BCUT2D eigenvalue weighted by molar-refractivity contribution is 6.31. The third kappa shape index (κ3) is 3.89. The summed E-state index contributed by atoms with van der Waals surface area (Å²) in [5.41, 5.74) is 1.18. The van der Waals surface area contributed by atoms with Crippen LogP contribution in [-0.4, -0.2) is 48.9 Å². The summed E-state index contributed by atoms with van der Waals surface area (Å²) in [7, 11) is 0. The van der Waals surface area contributed by atoms with Gasteiger partial charge >= 0.3 is 0 Å². The second-order valence-electron chi connectivity index (χ2n) is 7.74. The van der Waals surface area contributed by atoms with Gasteiger partial charge in [-0.15, -0.1) is 5.10 Å². The van der Waals surface area contributed by atoms with Crippen LogP contribution in [0, 0.1) is 5.92 Å². The Labute approximate surface area is 172 Å². The first kappa shape index (κ1) is 19.6. The van der Waals surface area contributed by atoms with Gasteiger partial charge in [0.15, 0.2) is 11.2 Å². The van der Waals surface area contributed by atoms with Crippen LogP contribution in [0.3, 0.4) is 0 Å². The van der Waals surface area contributed by atoms with E-state index in [1.807, 2.05) is 43.0 Å². The van der Waals surface area contributed by atoms with Gasteiger partial charge in [-0.3, -0.25) is 9.59 Å². The number of nitrogens with one attached hydrogen (secondary N) is 1. The van der Waals surface area contributed by atoms with Crippen LogP contribution >= 0.6 is 11.6 Å². The molecule has 3 aromatic rings. The molecule has 1 aliphatic heterocycles. The number of carbonyl (C=O) groups excluding carboxylic acids is 1. The minimum atomic E-state index is -0.317. The van der Waals surface area contributed by atoms with Gasteiger partial charge in [0, 0.05) is 29.9 Å². The lowest BCUT2D eigenvalue weighted by atomic mass is 9.96. The van der Waals surface area contributed by atoms with Crippen LogP contribution in [-0.2, 0) is 11.3 Å². The summed E-state index contributed by atoms with van der Waals surface area (Å²) in [5.74, 6) is 0.631. The van der Waals surface area contributed by atoms with Crippen LogP contribution in [0.15, 0.2) is 29.1 Å². The van der Waals surface area contributed by atoms with E-state index >= 15 is 0 Å². The summed E-state index contributed by atoms with van der Waals surface area (Å²) in [6.07, 6.45) is 1.74. The molecule has 0 spiro atoms. The average Bonchev–Trinajstić information content (AvgIpc) is 3.12. The molecule has 0 aliphatic carbocycles. The van der Waals surface area contributed by atoms with Crippen molar-refractivity contribution in [3.05, 3.63) is 51.0 Å². The number of hydrogen-bond donors (Lipinski definition) is 1. The first-order valence-electron chi connectivity index (χ1n) is 9.79. The Morgan fingerprint density at radius 3 is 2.90 bits per heavy atom. The molecule has 1 aliphatic rings. The van der Waals surface area contributed by atoms with E-state index in [1.54, 1.807) is 4.68 Å². The Balaban J connectivity index is 1.67. The van der Waals surface area contributed by atoms with Gasteiger partial charge < -0.3 is 9.88 Å². The molecule has 0 radical (unpaired) electrons. The van der Waals surface area contributed by atoms with E-state index in [1.165, 1.54) is 0 Å². The average molecular weight is 415 g/mol. The van der Waals surface area contributed by atoms with Gasteiger partial charge in [0.1, 0.15) is 5.82 Å². The molecule has 1 atom stereocenters. The normalized spacial score (nSPS) is 17.2. The van der Waals surface area contributed by atoms with Crippen molar-refractivity contribution in [1.29, 1.82) is 0 Å². The fourth-order valence-corrected chi connectivity index (χ4v) is 3.93. The predicted molar refractivity (Wildman–Crippen MR) is 110 cm³/mol. The molecule has 0 unspecified atom stereocenters. The van der Waals surface area contributed by atoms with Crippen LogP contribution in [0.5, 0.6) is 0 Å². The molecule has 152 valence electrons. The fraction of sp³-hybridized carbons (Fsp3) is 0.450. The third-order valence-corrected chi connectivity index (χ3v) is 5.65. The molecule has 3 heterocycles. The Morgan fingerprint density at radius 2 is 2.14 bits per heavy atom. The van der Waals surface area contributed by atoms with Crippen LogP contribution in [0.4, 0.5) is 0 Å². The number of fused-ring (bicyclic) bond motifs is 1. The molecule has 0 saturated carbocycles.